The lowest BCUT2D eigenvalue weighted by atomic mass is 10.0. The molecule has 0 saturated heterocycles. The number of hydrogen-bond acceptors (Lipinski definition) is 3. The van der Waals surface area contributed by atoms with Gasteiger partial charge in [-0.05, 0) is 31.0 Å². The average Bonchev–Trinajstić information content (AvgIpc) is 2.44. The van der Waals surface area contributed by atoms with E-state index in [0.717, 1.165) is 17.7 Å². The van der Waals surface area contributed by atoms with Gasteiger partial charge in [-0.1, -0.05) is 37.3 Å². The van der Waals surface area contributed by atoms with Gasteiger partial charge in [0.1, 0.15) is 5.82 Å². The van der Waals surface area contributed by atoms with E-state index in [1.54, 1.807) is 12.1 Å². The van der Waals surface area contributed by atoms with E-state index >= 15 is 0 Å². The fourth-order valence-corrected chi connectivity index (χ4v) is 2.17. The minimum Gasteiger partial charge on any atom is -0.384 e. The number of nitrogen functional groups attached to an aromatic ring is 1. The molecular formula is C16H19N3O. The van der Waals surface area contributed by atoms with Crippen molar-refractivity contribution in [3.63, 3.8) is 0 Å². The molecule has 0 saturated carbocycles. The van der Waals surface area contributed by atoms with Gasteiger partial charge in [0.15, 0.2) is 0 Å². The van der Waals surface area contributed by atoms with E-state index in [2.05, 4.69) is 10.3 Å². The normalized spacial score (nSPS) is 11.9. The quantitative estimate of drug-likeness (QED) is 0.896. The number of pyridine rings is 1. The highest BCUT2D eigenvalue weighted by Gasteiger charge is 2.14. The van der Waals surface area contributed by atoms with Gasteiger partial charge in [0.2, 0.25) is 0 Å². The molecule has 0 bridgehead atoms. The molecule has 4 heteroatoms. The standard InChI is InChI=1S/C16H19N3O/c1-3-14(12-7-5-4-6-8-12)19-16(20)13-9-11(2)18-15(17)10-13/h4-10,14H,3H2,1-2H3,(H2,17,18)(H,19,20). The van der Waals surface area contributed by atoms with Crippen LogP contribution in [0, 0.1) is 6.92 Å². The molecule has 20 heavy (non-hydrogen) atoms. The van der Waals surface area contributed by atoms with E-state index < -0.39 is 0 Å². The van der Waals surface area contributed by atoms with E-state index in [-0.39, 0.29) is 11.9 Å². The molecule has 0 radical (unpaired) electrons. The zero-order valence-electron chi connectivity index (χ0n) is 11.8. The van der Waals surface area contributed by atoms with E-state index in [0.29, 0.717) is 11.4 Å². The number of nitrogens with zero attached hydrogens (tertiary/aromatic N) is 1. The number of amides is 1. The number of carbonyl (C=O) groups is 1. The third-order valence-corrected chi connectivity index (χ3v) is 3.15. The third-order valence-electron chi connectivity index (χ3n) is 3.15. The molecule has 4 nitrogen and oxygen atoms in total. The van der Waals surface area contributed by atoms with Gasteiger partial charge in [-0.15, -0.1) is 0 Å². The van der Waals surface area contributed by atoms with Gasteiger partial charge < -0.3 is 11.1 Å². The first-order valence-corrected chi connectivity index (χ1v) is 6.70. The average molecular weight is 269 g/mol. The van der Waals surface area contributed by atoms with Crippen molar-refractivity contribution in [2.75, 3.05) is 5.73 Å². The van der Waals surface area contributed by atoms with Crippen LogP contribution < -0.4 is 11.1 Å². The topological polar surface area (TPSA) is 68.0 Å². The van der Waals surface area contributed by atoms with E-state index in [4.69, 9.17) is 5.73 Å². The van der Waals surface area contributed by atoms with Crippen molar-refractivity contribution < 1.29 is 4.79 Å². The van der Waals surface area contributed by atoms with Crippen LogP contribution in [0.3, 0.4) is 0 Å². The second-order valence-corrected chi connectivity index (χ2v) is 4.77. The van der Waals surface area contributed by atoms with Crippen molar-refractivity contribution in [2.24, 2.45) is 0 Å². The maximum atomic E-state index is 12.3. The van der Waals surface area contributed by atoms with Crippen molar-refractivity contribution in [3.05, 3.63) is 59.3 Å². The molecule has 2 rings (SSSR count). The molecule has 1 unspecified atom stereocenters. The first-order valence-electron chi connectivity index (χ1n) is 6.70. The SMILES string of the molecule is CCC(NC(=O)c1cc(C)nc(N)c1)c1ccccc1. The summed E-state index contributed by atoms with van der Waals surface area (Å²) in [5.41, 5.74) is 8.06. The lowest BCUT2D eigenvalue weighted by Crippen LogP contribution is -2.28. The van der Waals surface area contributed by atoms with Gasteiger partial charge in [-0.2, -0.15) is 0 Å². The molecule has 1 aromatic heterocycles. The summed E-state index contributed by atoms with van der Waals surface area (Å²) in [6.45, 7) is 3.87. The Kier molecular flexibility index (Phi) is 4.35. The Balaban J connectivity index is 2.17. The largest absolute Gasteiger partial charge is 0.384 e. The highest BCUT2D eigenvalue weighted by atomic mass is 16.1. The Morgan fingerprint density at radius 3 is 2.60 bits per heavy atom. The number of benzene rings is 1. The van der Waals surface area contributed by atoms with E-state index in [1.807, 2.05) is 44.2 Å². The second kappa shape index (κ2) is 6.19. The number of hydrogen-bond donors (Lipinski definition) is 2. The molecule has 0 fully saturated rings. The van der Waals surface area contributed by atoms with Gasteiger partial charge in [0.05, 0.1) is 6.04 Å². The molecule has 1 aromatic carbocycles. The summed E-state index contributed by atoms with van der Waals surface area (Å²) in [4.78, 5) is 16.4. The van der Waals surface area contributed by atoms with Gasteiger partial charge in [-0.25, -0.2) is 4.98 Å². The maximum Gasteiger partial charge on any atom is 0.251 e. The zero-order chi connectivity index (χ0) is 14.5. The van der Waals surface area contributed by atoms with Crippen molar-refractivity contribution in [1.82, 2.24) is 10.3 Å². The number of aromatic nitrogens is 1. The molecule has 1 heterocycles. The summed E-state index contributed by atoms with van der Waals surface area (Å²) in [5.74, 6) is 0.237. The van der Waals surface area contributed by atoms with Crippen LogP contribution in [0.25, 0.3) is 0 Å². The Hall–Kier alpha value is -2.36. The van der Waals surface area contributed by atoms with Crippen LogP contribution in [0.5, 0.6) is 0 Å². The zero-order valence-corrected chi connectivity index (χ0v) is 11.8. The number of carbonyl (C=O) groups excluding carboxylic acids is 1. The lowest BCUT2D eigenvalue weighted by Gasteiger charge is -2.17. The predicted octanol–water partition coefficient (Wildman–Crippen LogP) is 2.85. The molecule has 2 aromatic rings. The molecule has 0 spiro atoms. The Bertz CT molecular complexity index is 576. The minimum absolute atomic E-state index is 0.00149. The monoisotopic (exact) mass is 269 g/mol. The van der Waals surface area contributed by atoms with E-state index in [9.17, 15) is 4.79 Å². The maximum absolute atomic E-state index is 12.3. The van der Waals surface area contributed by atoms with Crippen molar-refractivity contribution in [1.29, 1.82) is 0 Å². The molecule has 0 aliphatic rings. The van der Waals surface area contributed by atoms with Crippen LogP contribution in [-0.4, -0.2) is 10.9 Å². The summed E-state index contributed by atoms with van der Waals surface area (Å²) in [6, 6.07) is 13.3. The highest BCUT2D eigenvalue weighted by molar-refractivity contribution is 5.95. The van der Waals surface area contributed by atoms with Crippen molar-refractivity contribution in [2.45, 2.75) is 26.3 Å². The van der Waals surface area contributed by atoms with Gasteiger partial charge in [0.25, 0.3) is 5.91 Å². The van der Waals surface area contributed by atoms with Gasteiger partial charge >= 0.3 is 0 Å². The summed E-state index contributed by atoms with van der Waals surface area (Å²) in [5, 5.41) is 3.03. The molecule has 0 aliphatic carbocycles. The first kappa shape index (κ1) is 14.1. The van der Waals surface area contributed by atoms with Crippen LogP contribution in [0.15, 0.2) is 42.5 Å². The lowest BCUT2D eigenvalue weighted by molar-refractivity contribution is 0.0935. The molecule has 1 atom stereocenters. The number of nitrogens with one attached hydrogen (secondary N) is 1. The number of anilines is 1. The third kappa shape index (κ3) is 3.35. The minimum atomic E-state index is -0.127. The van der Waals surface area contributed by atoms with E-state index in [1.165, 1.54) is 0 Å². The summed E-state index contributed by atoms with van der Waals surface area (Å²) in [7, 11) is 0. The Morgan fingerprint density at radius 1 is 1.30 bits per heavy atom. The summed E-state index contributed by atoms with van der Waals surface area (Å²) in [6.07, 6.45) is 0.829. The summed E-state index contributed by atoms with van der Waals surface area (Å²) < 4.78 is 0. The predicted molar refractivity (Wildman–Crippen MR) is 80.3 cm³/mol. The number of aryl methyl sites for hydroxylation is 1. The van der Waals surface area contributed by atoms with Crippen LogP contribution in [-0.2, 0) is 0 Å². The Morgan fingerprint density at radius 2 is 2.00 bits per heavy atom. The highest BCUT2D eigenvalue weighted by Crippen LogP contribution is 2.17. The van der Waals surface area contributed by atoms with Crippen LogP contribution in [0.1, 0.15) is 41.0 Å². The molecule has 3 N–H and O–H groups in total. The molecular weight excluding hydrogens is 250 g/mol. The molecule has 0 aliphatic heterocycles. The van der Waals surface area contributed by atoms with Crippen LogP contribution in [0.4, 0.5) is 5.82 Å². The number of nitrogens with two attached hydrogens (primary N) is 1. The fraction of sp³-hybridized carbons (Fsp3) is 0.250. The summed E-state index contributed by atoms with van der Waals surface area (Å²) >= 11 is 0. The number of rotatable bonds is 4. The van der Waals surface area contributed by atoms with Crippen molar-refractivity contribution in [3.8, 4) is 0 Å². The van der Waals surface area contributed by atoms with Gasteiger partial charge in [0, 0.05) is 11.3 Å². The second-order valence-electron chi connectivity index (χ2n) is 4.77. The van der Waals surface area contributed by atoms with Crippen LogP contribution in [0.2, 0.25) is 0 Å². The van der Waals surface area contributed by atoms with Crippen LogP contribution >= 0.6 is 0 Å². The first-order chi connectivity index (χ1) is 9.60. The smallest absolute Gasteiger partial charge is 0.251 e. The molecule has 1 amide bonds. The van der Waals surface area contributed by atoms with Gasteiger partial charge in [-0.3, -0.25) is 4.79 Å². The fourth-order valence-electron chi connectivity index (χ4n) is 2.17. The molecule has 104 valence electrons. The Labute approximate surface area is 119 Å². The van der Waals surface area contributed by atoms with Crippen molar-refractivity contribution >= 4 is 11.7 Å².